The molecule has 0 aliphatic rings. The lowest BCUT2D eigenvalue weighted by Gasteiger charge is -2.32. The van der Waals surface area contributed by atoms with Gasteiger partial charge >= 0.3 is 6.09 Å². The SMILES string of the molecule is CCCCCCN(C(=O)CNC(=O)OC(C)(C)C)C(C(=O)NCCCC)c1cccc(C)c1O. The number of unbranched alkanes of at least 4 members (excludes halogenated alkanes) is 4. The first-order valence-corrected chi connectivity index (χ1v) is 12.3. The van der Waals surface area contributed by atoms with Gasteiger partial charge in [0.15, 0.2) is 0 Å². The van der Waals surface area contributed by atoms with Gasteiger partial charge in [0.2, 0.25) is 11.8 Å². The molecule has 0 saturated carbocycles. The highest BCUT2D eigenvalue weighted by Gasteiger charge is 2.33. The van der Waals surface area contributed by atoms with Crippen LogP contribution in [0.5, 0.6) is 5.75 Å². The van der Waals surface area contributed by atoms with Crippen LogP contribution in [-0.4, -0.2) is 53.1 Å². The number of aryl methyl sites for hydroxylation is 1. The summed E-state index contributed by atoms with van der Waals surface area (Å²) in [5.74, 6) is -0.779. The lowest BCUT2D eigenvalue weighted by molar-refractivity contribution is -0.140. The van der Waals surface area contributed by atoms with Gasteiger partial charge < -0.3 is 25.4 Å². The molecular formula is C26H43N3O5. The Kier molecular flexibility index (Phi) is 12.5. The molecule has 0 aliphatic heterocycles. The summed E-state index contributed by atoms with van der Waals surface area (Å²) in [6.45, 7) is 11.6. The average Bonchev–Trinajstić information content (AvgIpc) is 2.75. The number of hydrogen-bond acceptors (Lipinski definition) is 5. The Balaban J connectivity index is 3.23. The van der Waals surface area contributed by atoms with Gasteiger partial charge in [-0.3, -0.25) is 9.59 Å². The molecule has 8 heteroatoms. The molecule has 0 bridgehead atoms. The van der Waals surface area contributed by atoms with Gasteiger partial charge in [0, 0.05) is 18.7 Å². The molecule has 192 valence electrons. The third kappa shape index (κ3) is 10.0. The monoisotopic (exact) mass is 477 g/mol. The molecule has 0 heterocycles. The smallest absolute Gasteiger partial charge is 0.408 e. The van der Waals surface area contributed by atoms with E-state index in [1.807, 2.05) is 6.92 Å². The van der Waals surface area contributed by atoms with Crippen molar-refractivity contribution >= 4 is 17.9 Å². The summed E-state index contributed by atoms with van der Waals surface area (Å²) in [4.78, 5) is 40.2. The molecular weight excluding hydrogens is 434 g/mol. The Morgan fingerprint density at radius 3 is 2.32 bits per heavy atom. The van der Waals surface area contributed by atoms with E-state index in [4.69, 9.17) is 4.74 Å². The maximum Gasteiger partial charge on any atom is 0.408 e. The van der Waals surface area contributed by atoms with Crippen LogP contribution in [0.15, 0.2) is 18.2 Å². The maximum absolute atomic E-state index is 13.3. The zero-order valence-electron chi connectivity index (χ0n) is 21.7. The minimum Gasteiger partial charge on any atom is -0.507 e. The standard InChI is InChI=1S/C26H43N3O5/c1-7-9-11-12-17-29(21(30)18-28-25(33)34-26(4,5)6)22(24(32)27-16-10-8-2)20-15-13-14-19(3)23(20)31/h13-15,22,31H,7-12,16-18H2,1-6H3,(H,27,32)(H,28,33). The van der Waals surface area contributed by atoms with Gasteiger partial charge in [-0.05, 0) is 46.1 Å². The van der Waals surface area contributed by atoms with Gasteiger partial charge in [-0.25, -0.2) is 4.79 Å². The van der Waals surface area contributed by atoms with E-state index in [9.17, 15) is 19.5 Å². The number of benzene rings is 1. The average molecular weight is 478 g/mol. The second-order valence-corrected chi connectivity index (χ2v) is 9.56. The number of phenolic OH excluding ortho intramolecular Hbond substituents is 1. The number of nitrogens with zero attached hydrogens (tertiary/aromatic N) is 1. The number of carbonyl (C=O) groups is 3. The van der Waals surface area contributed by atoms with Crippen LogP contribution in [0.2, 0.25) is 0 Å². The van der Waals surface area contributed by atoms with Crippen LogP contribution in [-0.2, 0) is 14.3 Å². The second-order valence-electron chi connectivity index (χ2n) is 9.56. The minimum atomic E-state index is -1.01. The van der Waals surface area contributed by atoms with Crippen LogP contribution in [0.4, 0.5) is 4.79 Å². The molecule has 8 nitrogen and oxygen atoms in total. The number of nitrogens with one attached hydrogen (secondary N) is 2. The van der Waals surface area contributed by atoms with E-state index in [0.717, 1.165) is 32.1 Å². The lowest BCUT2D eigenvalue weighted by Crippen LogP contribution is -2.48. The summed E-state index contributed by atoms with van der Waals surface area (Å²) in [6.07, 6.45) is 4.69. The Hall–Kier alpha value is -2.77. The van der Waals surface area contributed by atoms with Crippen LogP contribution in [0, 0.1) is 6.92 Å². The van der Waals surface area contributed by atoms with Gasteiger partial charge in [-0.2, -0.15) is 0 Å². The van der Waals surface area contributed by atoms with E-state index in [1.54, 1.807) is 45.9 Å². The zero-order valence-corrected chi connectivity index (χ0v) is 21.7. The summed E-state index contributed by atoms with van der Waals surface area (Å²) < 4.78 is 5.23. The van der Waals surface area contributed by atoms with Crippen molar-refractivity contribution in [3.63, 3.8) is 0 Å². The first-order valence-electron chi connectivity index (χ1n) is 12.3. The molecule has 1 unspecified atom stereocenters. The molecule has 34 heavy (non-hydrogen) atoms. The van der Waals surface area contributed by atoms with E-state index in [-0.39, 0.29) is 18.2 Å². The molecule has 3 N–H and O–H groups in total. The molecule has 1 atom stereocenters. The molecule has 0 radical (unpaired) electrons. The topological polar surface area (TPSA) is 108 Å². The molecule has 0 spiro atoms. The first kappa shape index (κ1) is 29.3. The first-order chi connectivity index (χ1) is 16.0. The normalized spacial score (nSPS) is 12.1. The second kappa shape index (κ2) is 14.5. The van der Waals surface area contributed by atoms with Gasteiger partial charge in [-0.15, -0.1) is 0 Å². The van der Waals surface area contributed by atoms with Crippen molar-refractivity contribution in [1.29, 1.82) is 0 Å². The number of aromatic hydroxyl groups is 1. The highest BCUT2D eigenvalue weighted by Crippen LogP contribution is 2.32. The van der Waals surface area contributed by atoms with Crippen molar-refractivity contribution in [3.8, 4) is 5.75 Å². The van der Waals surface area contributed by atoms with E-state index < -0.39 is 23.6 Å². The minimum absolute atomic E-state index is 0.00963. The lowest BCUT2D eigenvalue weighted by atomic mass is 9.99. The fraction of sp³-hybridized carbons (Fsp3) is 0.654. The Bertz CT molecular complexity index is 804. The third-order valence-corrected chi connectivity index (χ3v) is 5.31. The largest absolute Gasteiger partial charge is 0.507 e. The number of rotatable bonds is 13. The Labute approximate surface area is 204 Å². The van der Waals surface area contributed by atoms with Crippen LogP contribution >= 0.6 is 0 Å². The van der Waals surface area contributed by atoms with Crippen molar-refractivity contribution in [2.24, 2.45) is 0 Å². The predicted molar refractivity (Wildman–Crippen MR) is 134 cm³/mol. The fourth-order valence-corrected chi connectivity index (χ4v) is 3.51. The number of carbonyl (C=O) groups excluding carboxylic acids is 3. The number of amides is 3. The van der Waals surface area contributed by atoms with Crippen molar-refractivity contribution in [3.05, 3.63) is 29.3 Å². The molecule has 1 rings (SSSR count). The Morgan fingerprint density at radius 1 is 1.03 bits per heavy atom. The van der Waals surface area contributed by atoms with Gasteiger partial charge in [0.25, 0.3) is 0 Å². The molecule has 1 aromatic carbocycles. The summed E-state index contributed by atoms with van der Waals surface area (Å²) in [5, 5.41) is 16.2. The molecule has 3 amide bonds. The van der Waals surface area contributed by atoms with Gasteiger partial charge in [-0.1, -0.05) is 57.7 Å². The molecule has 0 fully saturated rings. The molecule has 1 aromatic rings. The predicted octanol–water partition coefficient (Wildman–Crippen LogP) is 4.59. The molecule has 0 aromatic heterocycles. The summed E-state index contributed by atoms with van der Waals surface area (Å²) in [5.41, 5.74) is 0.298. The summed E-state index contributed by atoms with van der Waals surface area (Å²) in [7, 11) is 0. The summed E-state index contributed by atoms with van der Waals surface area (Å²) in [6, 6.07) is 4.17. The van der Waals surface area contributed by atoms with Gasteiger partial charge in [0.05, 0.1) is 0 Å². The highest BCUT2D eigenvalue weighted by atomic mass is 16.6. The van der Waals surface area contributed by atoms with Gasteiger partial charge in [0.1, 0.15) is 23.9 Å². The van der Waals surface area contributed by atoms with Crippen LogP contribution in [0.3, 0.4) is 0 Å². The highest BCUT2D eigenvalue weighted by molar-refractivity contribution is 5.91. The summed E-state index contributed by atoms with van der Waals surface area (Å²) >= 11 is 0. The number of hydrogen-bond donors (Lipinski definition) is 3. The van der Waals surface area contributed by atoms with E-state index >= 15 is 0 Å². The van der Waals surface area contributed by atoms with Crippen molar-refractivity contribution in [2.75, 3.05) is 19.6 Å². The number of para-hydroxylation sites is 1. The van der Waals surface area contributed by atoms with E-state index in [1.165, 1.54) is 4.90 Å². The van der Waals surface area contributed by atoms with Crippen molar-refractivity contribution in [1.82, 2.24) is 15.5 Å². The fourth-order valence-electron chi connectivity index (χ4n) is 3.51. The zero-order chi connectivity index (χ0) is 25.7. The number of alkyl carbamates (subject to hydrolysis) is 1. The number of phenols is 1. The molecule has 0 saturated heterocycles. The van der Waals surface area contributed by atoms with Crippen LogP contribution in [0.1, 0.15) is 90.3 Å². The quantitative estimate of drug-likeness (QED) is 0.360. The van der Waals surface area contributed by atoms with E-state index in [2.05, 4.69) is 17.6 Å². The van der Waals surface area contributed by atoms with Crippen LogP contribution in [0.25, 0.3) is 0 Å². The number of ether oxygens (including phenoxy) is 1. The maximum atomic E-state index is 13.3. The van der Waals surface area contributed by atoms with E-state index in [0.29, 0.717) is 30.6 Å². The molecule has 0 aliphatic carbocycles. The van der Waals surface area contributed by atoms with Crippen molar-refractivity contribution < 1.29 is 24.2 Å². The van der Waals surface area contributed by atoms with Crippen molar-refractivity contribution in [2.45, 2.75) is 91.7 Å². The third-order valence-electron chi connectivity index (χ3n) is 5.31. The van der Waals surface area contributed by atoms with Crippen LogP contribution < -0.4 is 10.6 Å². The Morgan fingerprint density at radius 2 is 1.71 bits per heavy atom.